The second-order valence-corrected chi connectivity index (χ2v) is 10.6. The highest BCUT2D eigenvalue weighted by Gasteiger charge is 2.27. The third-order valence-corrected chi connectivity index (χ3v) is 6.90. The van der Waals surface area contributed by atoms with Crippen molar-refractivity contribution in [3.63, 3.8) is 0 Å². The molecule has 0 saturated carbocycles. The summed E-state index contributed by atoms with van der Waals surface area (Å²) in [6, 6.07) is 12.9. The standard InChI is InChI=1S/C23H29N3O5S/c1-23(2,3)22(28)25-18-7-6-8-19(15-18)31-16-21(27)24-17-9-11-20(12-10-17)32(29,30)26-13-4-5-14-26/h6-12,15H,4-5,13-14,16H2,1-3H3,(H,24,27)(H,25,28). The number of benzene rings is 2. The van der Waals surface area contributed by atoms with Crippen molar-refractivity contribution in [1.29, 1.82) is 0 Å². The number of nitrogens with zero attached hydrogens (tertiary/aromatic N) is 1. The highest BCUT2D eigenvalue weighted by atomic mass is 32.2. The summed E-state index contributed by atoms with van der Waals surface area (Å²) in [6.45, 7) is 6.31. The SMILES string of the molecule is CC(C)(C)C(=O)Nc1cccc(OCC(=O)Nc2ccc(S(=O)(=O)N3CCCC3)cc2)c1. The molecule has 2 amide bonds. The molecule has 172 valence electrons. The van der Waals surface area contributed by atoms with Crippen molar-refractivity contribution in [2.45, 2.75) is 38.5 Å². The van der Waals surface area contributed by atoms with Crippen molar-refractivity contribution < 1.29 is 22.7 Å². The summed E-state index contributed by atoms with van der Waals surface area (Å²) in [5.41, 5.74) is 0.530. The Hall–Kier alpha value is -2.91. The summed E-state index contributed by atoms with van der Waals surface area (Å²) in [7, 11) is -3.49. The third-order valence-electron chi connectivity index (χ3n) is 4.98. The number of nitrogens with one attached hydrogen (secondary N) is 2. The van der Waals surface area contributed by atoms with E-state index in [2.05, 4.69) is 10.6 Å². The molecule has 0 atom stereocenters. The Labute approximate surface area is 189 Å². The fourth-order valence-electron chi connectivity index (χ4n) is 3.12. The average Bonchev–Trinajstić information content (AvgIpc) is 3.28. The molecule has 0 spiro atoms. The Morgan fingerprint density at radius 3 is 2.25 bits per heavy atom. The number of rotatable bonds is 7. The summed E-state index contributed by atoms with van der Waals surface area (Å²) >= 11 is 0. The molecule has 0 unspecified atom stereocenters. The van der Waals surface area contributed by atoms with Gasteiger partial charge in [-0.05, 0) is 49.2 Å². The molecule has 1 aliphatic rings. The Bertz CT molecular complexity index is 1070. The first-order chi connectivity index (χ1) is 15.1. The zero-order chi connectivity index (χ0) is 23.4. The van der Waals surface area contributed by atoms with E-state index in [9.17, 15) is 18.0 Å². The maximum absolute atomic E-state index is 12.6. The third kappa shape index (κ3) is 6.08. The fourth-order valence-corrected chi connectivity index (χ4v) is 4.63. The minimum atomic E-state index is -3.49. The molecule has 3 rings (SSSR count). The van der Waals surface area contributed by atoms with E-state index in [1.165, 1.54) is 16.4 Å². The van der Waals surface area contributed by atoms with Gasteiger partial charge in [-0.1, -0.05) is 26.8 Å². The number of hydrogen-bond donors (Lipinski definition) is 2. The second kappa shape index (κ2) is 9.70. The summed E-state index contributed by atoms with van der Waals surface area (Å²) < 4.78 is 32.1. The summed E-state index contributed by atoms with van der Waals surface area (Å²) in [5, 5.41) is 5.50. The van der Waals surface area contributed by atoms with Crippen LogP contribution in [0.15, 0.2) is 53.4 Å². The summed E-state index contributed by atoms with van der Waals surface area (Å²) in [5.74, 6) is -0.0641. The molecule has 0 bridgehead atoms. The maximum Gasteiger partial charge on any atom is 0.262 e. The van der Waals surface area contributed by atoms with Gasteiger partial charge >= 0.3 is 0 Å². The van der Waals surface area contributed by atoms with Gasteiger partial charge < -0.3 is 15.4 Å². The van der Waals surface area contributed by atoms with Gasteiger partial charge in [0.1, 0.15) is 5.75 Å². The van der Waals surface area contributed by atoms with Crippen LogP contribution in [0.3, 0.4) is 0 Å². The van der Waals surface area contributed by atoms with Crippen molar-refractivity contribution in [2.24, 2.45) is 5.41 Å². The van der Waals surface area contributed by atoms with E-state index >= 15 is 0 Å². The van der Waals surface area contributed by atoms with Crippen molar-refractivity contribution in [3.8, 4) is 5.75 Å². The lowest BCUT2D eigenvalue weighted by atomic mass is 9.95. The van der Waals surface area contributed by atoms with Gasteiger partial charge in [0.15, 0.2) is 6.61 Å². The minimum Gasteiger partial charge on any atom is -0.484 e. The van der Waals surface area contributed by atoms with Gasteiger partial charge in [-0.3, -0.25) is 9.59 Å². The lowest BCUT2D eigenvalue weighted by Crippen LogP contribution is -2.27. The molecule has 1 saturated heterocycles. The molecular formula is C23H29N3O5S. The molecule has 2 aromatic carbocycles. The number of carbonyl (C=O) groups excluding carboxylic acids is 2. The van der Waals surface area contributed by atoms with E-state index in [1.807, 2.05) is 20.8 Å². The fraction of sp³-hybridized carbons (Fsp3) is 0.391. The van der Waals surface area contributed by atoms with E-state index in [1.54, 1.807) is 36.4 Å². The number of amides is 2. The Morgan fingerprint density at radius 1 is 0.969 bits per heavy atom. The van der Waals surface area contributed by atoms with Gasteiger partial charge in [0.2, 0.25) is 15.9 Å². The predicted molar refractivity (Wildman–Crippen MR) is 123 cm³/mol. The van der Waals surface area contributed by atoms with Crippen LogP contribution in [-0.2, 0) is 19.6 Å². The first-order valence-corrected chi connectivity index (χ1v) is 11.9. The predicted octanol–water partition coefficient (Wildman–Crippen LogP) is 3.47. The van der Waals surface area contributed by atoms with Crippen LogP contribution in [0.2, 0.25) is 0 Å². The summed E-state index contributed by atoms with van der Waals surface area (Å²) in [4.78, 5) is 24.6. The molecular weight excluding hydrogens is 430 g/mol. The molecule has 1 aliphatic heterocycles. The van der Waals surface area contributed by atoms with Crippen LogP contribution in [0.25, 0.3) is 0 Å². The Balaban J connectivity index is 1.54. The van der Waals surface area contributed by atoms with Gasteiger partial charge in [-0.2, -0.15) is 4.31 Å². The van der Waals surface area contributed by atoms with Gasteiger partial charge in [0.25, 0.3) is 5.91 Å². The molecule has 2 N–H and O–H groups in total. The van der Waals surface area contributed by atoms with Gasteiger partial charge in [0, 0.05) is 35.9 Å². The topological polar surface area (TPSA) is 105 Å². The van der Waals surface area contributed by atoms with Crippen LogP contribution in [0.5, 0.6) is 5.75 Å². The lowest BCUT2D eigenvalue weighted by Gasteiger charge is -2.18. The van der Waals surface area contributed by atoms with Crippen LogP contribution < -0.4 is 15.4 Å². The zero-order valence-corrected chi connectivity index (χ0v) is 19.4. The van der Waals surface area contributed by atoms with Gasteiger partial charge in [0.05, 0.1) is 4.90 Å². The second-order valence-electron chi connectivity index (χ2n) is 8.70. The van der Waals surface area contributed by atoms with E-state index in [4.69, 9.17) is 4.74 Å². The normalized spacial score (nSPS) is 14.7. The van der Waals surface area contributed by atoms with E-state index in [0.29, 0.717) is 30.2 Å². The Morgan fingerprint density at radius 2 is 1.62 bits per heavy atom. The molecule has 32 heavy (non-hydrogen) atoms. The zero-order valence-electron chi connectivity index (χ0n) is 18.6. The van der Waals surface area contributed by atoms with E-state index in [0.717, 1.165) is 12.8 Å². The quantitative estimate of drug-likeness (QED) is 0.660. The largest absolute Gasteiger partial charge is 0.484 e. The van der Waals surface area contributed by atoms with Crippen LogP contribution >= 0.6 is 0 Å². The Kier molecular flexibility index (Phi) is 7.20. The minimum absolute atomic E-state index is 0.123. The smallest absolute Gasteiger partial charge is 0.262 e. The molecule has 0 aromatic heterocycles. The van der Waals surface area contributed by atoms with Gasteiger partial charge in [-0.25, -0.2) is 8.42 Å². The number of carbonyl (C=O) groups is 2. The highest BCUT2D eigenvalue weighted by Crippen LogP contribution is 2.23. The first kappa shape index (κ1) is 23.7. The monoisotopic (exact) mass is 459 g/mol. The van der Waals surface area contributed by atoms with Crippen molar-refractivity contribution in [3.05, 3.63) is 48.5 Å². The van der Waals surface area contributed by atoms with Gasteiger partial charge in [-0.15, -0.1) is 0 Å². The van der Waals surface area contributed by atoms with Crippen LogP contribution in [0.1, 0.15) is 33.6 Å². The number of ether oxygens (including phenoxy) is 1. The molecule has 0 radical (unpaired) electrons. The summed E-state index contributed by atoms with van der Waals surface area (Å²) in [6.07, 6.45) is 1.75. The molecule has 2 aromatic rings. The maximum atomic E-state index is 12.6. The van der Waals surface area contributed by atoms with Crippen molar-refractivity contribution in [1.82, 2.24) is 4.31 Å². The molecule has 0 aliphatic carbocycles. The van der Waals surface area contributed by atoms with E-state index < -0.39 is 15.4 Å². The lowest BCUT2D eigenvalue weighted by molar-refractivity contribution is -0.123. The number of anilines is 2. The molecule has 1 heterocycles. The average molecular weight is 460 g/mol. The van der Waals surface area contributed by atoms with E-state index in [-0.39, 0.29) is 23.3 Å². The first-order valence-electron chi connectivity index (χ1n) is 10.5. The van der Waals surface area contributed by atoms with Crippen molar-refractivity contribution >= 4 is 33.2 Å². The van der Waals surface area contributed by atoms with Crippen LogP contribution in [0, 0.1) is 5.41 Å². The number of sulfonamides is 1. The molecule has 1 fully saturated rings. The highest BCUT2D eigenvalue weighted by molar-refractivity contribution is 7.89. The molecule has 9 heteroatoms. The molecule has 8 nitrogen and oxygen atoms in total. The van der Waals surface area contributed by atoms with Crippen LogP contribution in [0.4, 0.5) is 11.4 Å². The number of hydrogen-bond acceptors (Lipinski definition) is 5. The van der Waals surface area contributed by atoms with Crippen LogP contribution in [-0.4, -0.2) is 44.2 Å². The van der Waals surface area contributed by atoms with Crippen molar-refractivity contribution in [2.75, 3.05) is 30.3 Å².